The number of hydrogen-bond donors (Lipinski definition) is 0. The first-order valence-corrected chi connectivity index (χ1v) is 5.97. The van der Waals surface area contributed by atoms with E-state index in [0.717, 1.165) is 5.56 Å². The van der Waals surface area contributed by atoms with Crippen LogP contribution in [0, 0.1) is 11.3 Å². The molecule has 0 aliphatic carbocycles. The molecule has 0 radical (unpaired) electrons. The zero-order valence-corrected chi connectivity index (χ0v) is 11.1. The molecule has 0 aliphatic heterocycles. The molecule has 5 heteroatoms. The summed E-state index contributed by atoms with van der Waals surface area (Å²) in [6.45, 7) is 5.53. The number of nitrogens with zero attached hydrogens (tertiary/aromatic N) is 4. The highest BCUT2D eigenvalue weighted by molar-refractivity contribution is 6.33. The highest BCUT2D eigenvalue weighted by Gasteiger charge is 2.07. The largest absolute Gasteiger partial charge is 0.291 e. The number of aromatic nitrogens is 2. The predicted molar refractivity (Wildman–Crippen MR) is 77.0 cm³/mol. The molecular weight excluding hydrogens is 260 g/mol. The molecule has 0 fully saturated rings. The SMILES string of the molecule is C=C/C(=C(Cl)\N=C/C)c1ccc2ncc(C#N)n2c1. The molecule has 2 aromatic heterocycles. The molecule has 19 heavy (non-hydrogen) atoms. The Morgan fingerprint density at radius 2 is 2.37 bits per heavy atom. The summed E-state index contributed by atoms with van der Waals surface area (Å²) in [4.78, 5) is 8.17. The van der Waals surface area contributed by atoms with Crippen molar-refractivity contribution in [1.82, 2.24) is 9.38 Å². The lowest BCUT2D eigenvalue weighted by Gasteiger charge is -2.05. The van der Waals surface area contributed by atoms with Crippen molar-refractivity contribution in [2.24, 2.45) is 4.99 Å². The number of nitriles is 1. The molecule has 0 spiro atoms. The van der Waals surface area contributed by atoms with E-state index in [1.54, 1.807) is 29.8 Å². The van der Waals surface area contributed by atoms with Crippen LogP contribution < -0.4 is 0 Å². The summed E-state index contributed by atoms with van der Waals surface area (Å²) in [5, 5.41) is 9.37. The molecule has 0 atom stereocenters. The van der Waals surface area contributed by atoms with Gasteiger partial charge in [0.2, 0.25) is 0 Å². The van der Waals surface area contributed by atoms with Gasteiger partial charge in [-0.2, -0.15) is 5.26 Å². The molecular formula is C14H11ClN4. The third-order valence-corrected chi connectivity index (χ3v) is 2.90. The van der Waals surface area contributed by atoms with Crippen molar-refractivity contribution in [1.29, 1.82) is 5.26 Å². The van der Waals surface area contributed by atoms with Gasteiger partial charge in [0.15, 0.2) is 0 Å². The van der Waals surface area contributed by atoms with Gasteiger partial charge in [-0.3, -0.25) is 4.40 Å². The number of aliphatic imine (C=N–C) groups is 1. The predicted octanol–water partition coefficient (Wildman–Crippen LogP) is 3.39. The minimum absolute atomic E-state index is 0.357. The summed E-state index contributed by atoms with van der Waals surface area (Å²) >= 11 is 6.10. The summed E-state index contributed by atoms with van der Waals surface area (Å²) in [5.74, 6) is 0. The van der Waals surface area contributed by atoms with Gasteiger partial charge >= 0.3 is 0 Å². The van der Waals surface area contributed by atoms with E-state index in [9.17, 15) is 0 Å². The maximum Gasteiger partial charge on any atom is 0.144 e. The fraction of sp³-hybridized carbons (Fsp3) is 0.0714. The zero-order chi connectivity index (χ0) is 13.8. The van der Waals surface area contributed by atoms with Crippen molar-refractivity contribution >= 4 is 29.0 Å². The summed E-state index contributed by atoms with van der Waals surface area (Å²) < 4.78 is 1.71. The Morgan fingerprint density at radius 1 is 1.58 bits per heavy atom. The Labute approximate surface area is 116 Å². The van der Waals surface area contributed by atoms with Crippen LogP contribution in [0.4, 0.5) is 0 Å². The van der Waals surface area contributed by atoms with E-state index in [0.29, 0.717) is 22.1 Å². The highest BCUT2D eigenvalue weighted by Crippen LogP contribution is 2.24. The number of rotatable bonds is 3. The molecule has 4 nitrogen and oxygen atoms in total. The van der Waals surface area contributed by atoms with Crippen molar-refractivity contribution in [3.63, 3.8) is 0 Å². The van der Waals surface area contributed by atoms with Crippen LogP contribution in [0.1, 0.15) is 18.2 Å². The first-order valence-electron chi connectivity index (χ1n) is 5.59. The Hall–Kier alpha value is -2.38. The summed E-state index contributed by atoms with van der Waals surface area (Å²) in [6, 6.07) is 5.77. The summed E-state index contributed by atoms with van der Waals surface area (Å²) in [7, 11) is 0. The second-order valence-electron chi connectivity index (χ2n) is 3.70. The lowest BCUT2D eigenvalue weighted by molar-refractivity contribution is 1.14. The Balaban J connectivity index is 2.66. The smallest absolute Gasteiger partial charge is 0.144 e. The monoisotopic (exact) mass is 270 g/mol. The third kappa shape index (κ3) is 2.42. The Morgan fingerprint density at radius 3 is 3.00 bits per heavy atom. The van der Waals surface area contributed by atoms with E-state index < -0.39 is 0 Å². The standard InChI is InChI=1S/C14H11ClN4/c1-3-12(14(15)17-4-2)10-5-6-13-18-8-11(7-16)19(13)9-10/h3-6,8-9H,1H2,2H3/b14-12+,17-4-. The van der Waals surface area contributed by atoms with Gasteiger partial charge in [-0.25, -0.2) is 9.98 Å². The number of fused-ring (bicyclic) bond motifs is 1. The second kappa shape index (κ2) is 5.51. The van der Waals surface area contributed by atoms with Crippen LogP contribution in [-0.4, -0.2) is 15.6 Å². The average molecular weight is 271 g/mol. The van der Waals surface area contributed by atoms with Gasteiger partial charge in [0.1, 0.15) is 22.6 Å². The van der Waals surface area contributed by atoms with E-state index >= 15 is 0 Å². The van der Waals surface area contributed by atoms with E-state index in [2.05, 4.69) is 22.6 Å². The minimum Gasteiger partial charge on any atom is -0.291 e. The molecule has 2 rings (SSSR count). The van der Waals surface area contributed by atoms with E-state index in [1.807, 2.05) is 12.1 Å². The van der Waals surface area contributed by atoms with Gasteiger partial charge in [0.25, 0.3) is 0 Å². The number of halogens is 1. The van der Waals surface area contributed by atoms with Crippen molar-refractivity contribution < 1.29 is 0 Å². The molecule has 0 saturated carbocycles. The van der Waals surface area contributed by atoms with Crippen LogP contribution in [0.5, 0.6) is 0 Å². The zero-order valence-electron chi connectivity index (χ0n) is 10.3. The van der Waals surface area contributed by atoms with Crippen LogP contribution >= 0.6 is 11.6 Å². The molecule has 2 aromatic rings. The maximum atomic E-state index is 9.01. The quantitative estimate of drug-likeness (QED) is 0.488. The van der Waals surface area contributed by atoms with Gasteiger partial charge in [0, 0.05) is 23.5 Å². The Kier molecular flexibility index (Phi) is 3.79. The van der Waals surface area contributed by atoms with E-state index in [-0.39, 0.29) is 0 Å². The van der Waals surface area contributed by atoms with Gasteiger partial charge in [0.05, 0.1) is 6.20 Å². The van der Waals surface area contributed by atoms with Gasteiger partial charge < -0.3 is 0 Å². The lowest BCUT2D eigenvalue weighted by Crippen LogP contribution is -1.92. The summed E-state index contributed by atoms with van der Waals surface area (Å²) in [6.07, 6.45) is 6.58. The Bertz CT molecular complexity index is 731. The highest BCUT2D eigenvalue weighted by atomic mass is 35.5. The van der Waals surface area contributed by atoms with Gasteiger partial charge in [-0.15, -0.1) is 0 Å². The van der Waals surface area contributed by atoms with Crippen LogP contribution in [0.25, 0.3) is 11.2 Å². The fourth-order valence-electron chi connectivity index (χ4n) is 1.73. The molecule has 94 valence electrons. The topological polar surface area (TPSA) is 53.5 Å². The van der Waals surface area contributed by atoms with E-state index in [4.69, 9.17) is 16.9 Å². The van der Waals surface area contributed by atoms with Crippen molar-refractivity contribution in [3.8, 4) is 6.07 Å². The molecule has 0 N–H and O–H groups in total. The van der Waals surface area contributed by atoms with Crippen LogP contribution in [0.15, 0.2) is 47.3 Å². The number of imidazole rings is 1. The van der Waals surface area contributed by atoms with Crippen LogP contribution in [0.3, 0.4) is 0 Å². The van der Waals surface area contributed by atoms with Crippen molar-refractivity contribution in [2.75, 3.05) is 0 Å². The van der Waals surface area contributed by atoms with E-state index in [1.165, 1.54) is 6.20 Å². The second-order valence-corrected chi connectivity index (χ2v) is 4.06. The van der Waals surface area contributed by atoms with Gasteiger partial charge in [-0.05, 0) is 19.1 Å². The maximum absolute atomic E-state index is 9.01. The van der Waals surface area contributed by atoms with Crippen molar-refractivity contribution in [2.45, 2.75) is 6.92 Å². The summed E-state index contributed by atoms with van der Waals surface area (Å²) in [5.41, 5.74) is 2.71. The number of pyridine rings is 1. The normalized spacial score (nSPS) is 12.5. The fourth-order valence-corrected chi connectivity index (χ4v) is 2.01. The molecule has 2 heterocycles. The first kappa shape index (κ1) is 13.1. The molecule has 0 bridgehead atoms. The number of hydrogen-bond acceptors (Lipinski definition) is 3. The molecule has 0 aliphatic rings. The molecule has 0 saturated heterocycles. The average Bonchev–Trinajstić information content (AvgIpc) is 2.82. The number of allylic oxidation sites excluding steroid dienone is 2. The molecule has 0 amide bonds. The van der Waals surface area contributed by atoms with Crippen LogP contribution in [0.2, 0.25) is 0 Å². The first-order chi connectivity index (χ1) is 9.21. The van der Waals surface area contributed by atoms with Crippen molar-refractivity contribution in [3.05, 3.63) is 53.6 Å². The third-order valence-electron chi connectivity index (χ3n) is 2.60. The lowest BCUT2D eigenvalue weighted by atomic mass is 10.1. The molecule has 0 aromatic carbocycles. The van der Waals surface area contributed by atoms with Gasteiger partial charge in [-0.1, -0.05) is 24.3 Å². The minimum atomic E-state index is 0.357. The molecule has 0 unspecified atom stereocenters. The van der Waals surface area contributed by atoms with Crippen LogP contribution in [-0.2, 0) is 0 Å².